The highest BCUT2D eigenvalue weighted by molar-refractivity contribution is 7.09. The highest BCUT2D eigenvalue weighted by Crippen LogP contribution is 2.37. The van der Waals surface area contributed by atoms with E-state index in [1.165, 1.54) is 30.6 Å². The Morgan fingerprint density at radius 1 is 1.50 bits per heavy atom. The van der Waals surface area contributed by atoms with Crippen molar-refractivity contribution in [1.82, 2.24) is 4.98 Å². The summed E-state index contributed by atoms with van der Waals surface area (Å²) < 4.78 is 0. The van der Waals surface area contributed by atoms with Crippen molar-refractivity contribution < 1.29 is 0 Å². The van der Waals surface area contributed by atoms with Crippen molar-refractivity contribution in [2.45, 2.75) is 38.1 Å². The zero-order valence-electron chi connectivity index (χ0n) is 7.12. The standard InChI is InChI=1S/C9H14N2S/c10-5-8-9(12-6-11-8)7-3-1-2-4-7/h6-7H,1-5,10H2. The summed E-state index contributed by atoms with van der Waals surface area (Å²) in [5, 5.41) is 0. The van der Waals surface area contributed by atoms with Gasteiger partial charge in [-0.25, -0.2) is 4.98 Å². The van der Waals surface area contributed by atoms with E-state index >= 15 is 0 Å². The molecule has 1 aliphatic rings. The van der Waals surface area contributed by atoms with Crippen LogP contribution in [0, 0.1) is 0 Å². The first-order valence-corrected chi connectivity index (χ1v) is 5.42. The summed E-state index contributed by atoms with van der Waals surface area (Å²) in [6.07, 6.45) is 5.45. The maximum absolute atomic E-state index is 5.61. The molecule has 2 rings (SSSR count). The highest BCUT2D eigenvalue weighted by atomic mass is 32.1. The van der Waals surface area contributed by atoms with Crippen LogP contribution >= 0.6 is 11.3 Å². The van der Waals surface area contributed by atoms with Crippen LogP contribution in [0.4, 0.5) is 0 Å². The number of thiazole rings is 1. The van der Waals surface area contributed by atoms with Crippen molar-refractivity contribution in [3.05, 3.63) is 16.1 Å². The van der Waals surface area contributed by atoms with Crippen molar-refractivity contribution in [3.63, 3.8) is 0 Å². The predicted molar refractivity (Wildman–Crippen MR) is 51.2 cm³/mol. The minimum Gasteiger partial charge on any atom is -0.325 e. The molecule has 0 unspecified atom stereocenters. The summed E-state index contributed by atoms with van der Waals surface area (Å²) in [6.45, 7) is 0.606. The molecule has 0 aliphatic heterocycles. The van der Waals surface area contributed by atoms with E-state index < -0.39 is 0 Å². The third kappa shape index (κ3) is 1.39. The molecule has 0 bridgehead atoms. The number of aromatic nitrogens is 1. The van der Waals surface area contributed by atoms with Gasteiger partial charge in [-0.05, 0) is 18.8 Å². The molecule has 0 spiro atoms. The third-order valence-corrected chi connectivity index (χ3v) is 3.63. The zero-order valence-corrected chi connectivity index (χ0v) is 7.94. The van der Waals surface area contributed by atoms with E-state index in [2.05, 4.69) is 4.98 Å². The molecule has 1 aromatic rings. The summed E-state index contributed by atoms with van der Waals surface area (Å²) in [7, 11) is 0. The Bertz CT molecular complexity index is 251. The van der Waals surface area contributed by atoms with Crippen LogP contribution in [0.1, 0.15) is 42.2 Å². The molecule has 66 valence electrons. The van der Waals surface area contributed by atoms with Gasteiger partial charge in [0.1, 0.15) is 0 Å². The van der Waals surface area contributed by atoms with Crippen LogP contribution in [0.25, 0.3) is 0 Å². The SMILES string of the molecule is NCc1ncsc1C1CCCC1. The van der Waals surface area contributed by atoms with Gasteiger partial charge in [-0.1, -0.05) is 12.8 Å². The lowest BCUT2D eigenvalue weighted by Crippen LogP contribution is -2.02. The lowest BCUT2D eigenvalue weighted by molar-refractivity contribution is 0.723. The molecule has 0 amide bonds. The monoisotopic (exact) mass is 182 g/mol. The Labute approximate surface area is 76.8 Å². The van der Waals surface area contributed by atoms with E-state index in [1.807, 2.05) is 5.51 Å². The Kier molecular flexibility index (Phi) is 2.42. The van der Waals surface area contributed by atoms with Crippen LogP contribution in [-0.2, 0) is 6.54 Å². The number of nitrogens with two attached hydrogens (primary N) is 1. The summed E-state index contributed by atoms with van der Waals surface area (Å²) in [5.41, 5.74) is 8.66. The fraction of sp³-hybridized carbons (Fsp3) is 0.667. The predicted octanol–water partition coefficient (Wildman–Crippen LogP) is 2.26. The molecule has 1 aliphatic carbocycles. The maximum Gasteiger partial charge on any atom is 0.0798 e. The summed E-state index contributed by atoms with van der Waals surface area (Å²) in [4.78, 5) is 5.73. The molecule has 3 heteroatoms. The van der Waals surface area contributed by atoms with Gasteiger partial charge in [0.15, 0.2) is 0 Å². The molecule has 1 aromatic heterocycles. The van der Waals surface area contributed by atoms with E-state index in [0.717, 1.165) is 11.6 Å². The topological polar surface area (TPSA) is 38.9 Å². The van der Waals surface area contributed by atoms with Crippen molar-refractivity contribution in [1.29, 1.82) is 0 Å². The quantitative estimate of drug-likeness (QED) is 0.762. The molecule has 2 N–H and O–H groups in total. The molecule has 1 fully saturated rings. The van der Waals surface area contributed by atoms with Gasteiger partial charge in [0.25, 0.3) is 0 Å². The van der Waals surface area contributed by atoms with Crippen LogP contribution in [0.2, 0.25) is 0 Å². The average Bonchev–Trinajstić information content (AvgIpc) is 2.74. The van der Waals surface area contributed by atoms with E-state index in [9.17, 15) is 0 Å². The lowest BCUT2D eigenvalue weighted by Gasteiger charge is -2.06. The fourth-order valence-electron chi connectivity index (χ4n) is 1.95. The third-order valence-electron chi connectivity index (χ3n) is 2.59. The number of rotatable bonds is 2. The second kappa shape index (κ2) is 3.54. The van der Waals surface area contributed by atoms with Crippen molar-refractivity contribution in [2.24, 2.45) is 5.73 Å². The molecular weight excluding hydrogens is 168 g/mol. The first kappa shape index (κ1) is 8.20. The van der Waals surface area contributed by atoms with Crippen LogP contribution in [-0.4, -0.2) is 4.98 Å². The normalized spacial score (nSPS) is 18.8. The molecule has 12 heavy (non-hydrogen) atoms. The van der Waals surface area contributed by atoms with E-state index in [-0.39, 0.29) is 0 Å². The highest BCUT2D eigenvalue weighted by Gasteiger charge is 2.20. The van der Waals surface area contributed by atoms with Crippen molar-refractivity contribution >= 4 is 11.3 Å². The lowest BCUT2D eigenvalue weighted by atomic mass is 10.1. The smallest absolute Gasteiger partial charge is 0.0798 e. The van der Waals surface area contributed by atoms with Crippen molar-refractivity contribution in [3.8, 4) is 0 Å². The Hall–Kier alpha value is -0.410. The summed E-state index contributed by atoms with van der Waals surface area (Å²) in [6, 6.07) is 0. The van der Waals surface area contributed by atoms with E-state index in [1.54, 1.807) is 11.3 Å². The minimum absolute atomic E-state index is 0.606. The van der Waals surface area contributed by atoms with Gasteiger partial charge in [0.2, 0.25) is 0 Å². The molecule has 2 nitrogen and oxygen atoms in total. The Morgan fingerprint density at radius 3 is 2.92 bits per heavy atom. The van der Waals surface area contributed by atoms with Crippen LogP contribution in [0.5, 0.6) is 0 Å². The second-order valence-electron chi connectivity index (χ2n) is 3.35. The first-order valence-electron chi connectivity index (χ1n) is 4.54. The second-order valence-corrected chi connectivity index (χ2v) is 4.24. The van der Waals surface area contributed by atoms with Gasteiger partial charge < -0.3 is 5.73 Å². The van der Waals surface area contributed by atoms with Gasteiger partial charge in [-0.2, -0.15) is 0 Å². The largest absolute Gasteiger partial charge is 0.325 e. The molecule has 1 saturated carbocycles. The number of hydrogen-bond acceptors (Lipinski definition) is 3. The molecule has 1 heterocycles. The fourth-order valence-corrected chi connectivity index (χ4v) is 2.95. The zero-order chi connectivity index (χ0) is 8.39. The molecule has 0 saturated heterocycles. The molecular formula is C9H14N2S. The molecule has 0 atom stereocenters. The average molecular weight is 182 g/mol. The number of hydrogen-bond donors (Lipinski definition) is 1. The summed E-state index contributed by atoms with van der Waals surface area (Å²) in [5.74, 6) is 0.774. The van der Waals surface area contributed by atoms with Gasteiger partial charge in [0.05, 0.1) is 11.2 Å². The van der Waals surface area contributed by atoms with Crippen LogP contribution in [0.3, 0.4) is 0 Å². The van der Waals surface area contributed by atoms with E-state index in [4.69, 9.17) is 5.73 Å². The van der Waals surface area contributed by atoms with Gasteiger partial charge in [-0.3, -0.25) is 0 Å². The molecule has 0 aromatic carbocycles. The van der Waals surface area contributed by atoms with E-state index in [0.29, 0.717) is 6.54 Å². The minimum atomic E-state index is 0.606. The van der Waals surface area contributed by atoms with Gasteiger partial charge >= 0.3 is 0 Å². The summed E-state index contributed by atoms with van der Waals surface area (Å²) >= 11 is 1.78. The first-order chi connectivity index (χ1) is 5.92. The maximum atomic E-state index is 5.61. The van der Waals surface area contributed by atoms with Crippen LogP contribution < -0.4 is 5.73 Å². The molecule has 0 radical (unpaired) electrons. The Balaban J connectivity index is 2.19. The number of nitrogens with zero attached hydrogens (tertiary/aromatic N) is 1. The Morgan fingerprint density at radius 2 is 2.25 bits per heavy atom. The van der Waals surface area contributed by atoms with Crippen LogP contribution in [0.15, 0.2) is 5.51 Å². The van der Waals surface area contributed by atoms with Gasteiger partial charge in [-0.15, -0.1) is 11.3 Å². The van der Waals surface area contributed by atoms with Crippen molar-refractivity contribution in [2.75, 3.05) is 0 Å². The van der Waals surface area contributed by atoms with Gasteiger partial charge in [0, 0.05) is 11.4 Å².